The molecule has 1 fully saturated rings. The maximum atomic E-state index is 12.8. The van der Waals surface area contributed by atoms with Crippen molar-refractivity contribution in [3.8, 4) is 0 Å². The minimum absolute atomic E-state index is 1.28. The maximum absolute atomic E-state index is 12.8. The average Bonchev–Trinajstić information content (AvgIpc) is 2.13. The second-order valence-electron chi connectivity index (χ2n) is 2.67. The van der Waals surface area contributed by atoms with Gasteiger partial charge in [-0.3, -0.25) is 0 Å². The summed E-state index contributed by atoms with van der Waals surface area (Å²) in [4.78, 5) is 0. The quantitative estimate of drug-likeness (QED) is 0.592. The molecule has 1 aliphatic rings. The SMILES string of the molecule is O=S1(=O)CC(F)C(F)(CF)C1F. The van der Waals surface area contributed by atoms with Gasteiger partial charge in [-0.05, 0) is 0 Å². The number of rotatable bonds is 1. The molecule has 1 saturated heterocycles. The molecule has 0 saturated carbocycles. The Kier molecular flexibility index (Phi) is 2.10. The van der Waals surface area contributed by atoms with Gasteiger partial charge in [-0.1, -0.05) is 0 Å². The van der Waals surface area contributed by atoms with Gasteiger partial charge in [-0.2, -0.15) is 0 Å². The second-order valence-corrected chi connectivity index (χ2v) is 4.75. The Bertz CT molecular complexity index is 277. The summed E-state index contributed by atoms with van der Waals surface area (Å²) in [7, 11) is -4.45. The van der Waals surface area contributed by atoms with Gasteiger partial charge in [0.1, 0.15) is 6.67 Å². The zero-order chi connectivity index (χ0) is 9.57. The third kappa shape index (κ3) is 1.10. The van der Waals surface area contributed by atoms with Crippen molar-refractivity contribution in [3.05, 3.63) is 0 Å². The average molecular weight is 206 g/mol. The maximum Gasteiger partial charge on any atom is 0.240 e. The largest absolute Gasteiger partial charge is 0.247 e. The molecule has 12 heavy (non-hydrogen) atoms. The van der Waals surface area contributed by atoms with E-state index in [1.807, 2.05) is 0 Å². The summed E-state index contributed by atoms with van der Waals surface area (Å²) in [5.74, 6) is -1.28. The van der Waals surface area contributed by atoms with Gasteiger partial charge in [-0.15, -0.1) is 0 Å². The van der Waals surface area contributed by atoms with Gasteiger partial charge in [0.15, 0.2) is 16.0 Å². The van der Waals surface area contributed by atoms with Crippen molar-refractivity contribution in [2.75, 3.05) is 12.4 Å². The van der Waals surface area contributed by atoms with Crippen LogP contribution in [0.3, 0.4) is 0 Å². The summed E-state index contributed by atoms with van der Waals surface area (Å²) in [6.45, 7) is -1.96. The van der Waals surface area contributed by atoms with Crippen molar-refractivity contribution in [2.24, 2.45) is 0 Å². The van der Waals surface area contributed by atoms with E-state index in [4.69, 9.17) is 0 Å². The molecular weight excluding hydrogens is 200 g/mol. The summed E-state index contributed by atoms with van der Waals surface area (Å²) >= 11 is 0. The summed E-state index contributed by atoms with van der Waals surface area (Å²) in [5.41, 5.74) is -6.58. The zero-order valence-electron chi connectivity index (χ0n) is 5.81. The molecular formula is C5H6F4O2S. The molecule has 72 valence electrons. The van der Waals surface area contributed by atoms with Gasteiger partial charge in [0.2, 0.25) is 11.2 Å². The van der Waals surface area contributed by atoms with E-state index in [2.05, 4.69) is 0 Å². The topological polar surface area (TPSA) is 34.1 Å². The van der Waals surface area contributed by atoms with Crippen LogP contribution in [0.4, 0.5) is 17.6 Å². The van der Waals surface area contributed by atoms with Crippen LogP contribution < -0.4 is 0 Å². The van der Waals surface area contributed by atoms with Crippen LogP contribution in [-0.2, 0) is 9.84 Å². The van der Waals surface area contributed by atoms with E-state index < -0.39 is 39.6 Å². The highest BCUT2D eigenvalue weighted by Crippen LogP contribution is 2.38. The molecule has 0 aromatic heterocycles. The smallest absolute Gasteiger partial charge is 0.240 e. The zero-order valence-corrected chi connectivity index (χ0v) is 6.62. The molecule has 3 atom stereocenters. The van der Waals surface area contributed by atoms with Gasteiger partial charge in [0, 0.05) is 0 Å². The van der Waals surface area contributed by atoms with Gasteiger partial charge >= 0.3 is 0 Å². The van der Waals surface area contributed by atoms with Crippen LogP contribution in [0, 0.1) is 0 Å². The van der Waals surface area contributed by atoms with Crippen molar-refractivity contribution in [1.82, 2.24) is 0 Å². The summed E-state index contributed by atoms with van der Waals surface area (Å²) in [6, 6.07) is 0. The van der Waals surface area contributed by atoms with E-state index in [9.17, 15) is 26.0 Å². The molecule has 1 heterocycles. The number of halogens is 4. The van der Waals surface area contributed by atoms with Gasteiger partial charge in [0.25, 0.3) is 0 Å². The highest BCUT2D eigenvalue weighted by atomic mass is 32.2. The van der Waals surface area contributed by atoms with Crippen molar-refractivity contribution < 1.29 is 26.0 Å². The van der Waals surface area contributed by atoms with E-state index in [-0.39, 0.29) is 0 Å². The van der Waals surface area contributed by atoms with Crippen LogP contribution in [0.15, 0.2) is 0 Å². The molecule has 3 unspecified atom stereocenters. The first-order valence-electron chi connectivity index (χ1n) is 3.09. The lowest BCUT2D eigenvalue weighted by Gasteiger charge is -2.17. The predicted molar refractivity (Wildman–Crippen MR) is 33.4 cm³/mol. The van der Waals surface area contributed by atoms with E-state index in [1.165, 1.54) is 0 Å². The van der Waals surface area contributed by atoms with E-state index in [0.717, 1.165) is 0 Å². The summed E-state index contributed by atoms with van der Waals surface area (Å²) in [6.07, 6.45) is -2.61. The predicted octanol–water partition coefficient (Wildman–Crippen LogP) is 0.726. The number of hydrogen-bond donors (Lipinski definition) is 0. The minimum Gasteiger partial charge on any atom is -0.247 e. The van der Waals surface area contributed by atoms with Crippen molar-refractivity contribution >= 4 is 9.84 Å². The molecule has 0 amide bonds. The molecule has 0 aromatic rings. The lowest BCUT2D eigenvalue weighted by Crippen LogP contribution is -2.41. The number of hydrogen-bond acceptors (Lipinski definition) is 2. The van der Waals surface area contributed by atoms with Gasteiger partial charge in [-0.25, -0.2) is 26.0 Å². The van der Waals surface area contributed by atoms with Crippen molar-refractivity contribution in [1.29, 1.82) is 0 Å². The highest BCUT2D eigenvalue weighted by Gasteiger charge is 2.61. The lowest BCUT2D eigenvalue weighted by molar-refractivity contribution is 0.0116. The van der Waals surface area contributed by atoms with Crippen LogP contribution >= 0.6 is 0 Å². The Labute approximate surface area is 66.5 Å². The first-order chi connectivity index (χ1) is 5.34. The third-order valence-corrected chi connectivity index (χ3v) is 3.58. The molecule has 1 aliphatic heterocycles. The van der Waals surface area contributed by atoms with Crippen LogP contribution in [0.25, 0.3) is 0 Å². The fourth-order valence-corrected chi connectivity index (χ4v) is 2.67. The Balaban J connectivity index is 3.08. The van der Waals surface area contributed by atoms with E-state index in [0.29, 0.717) is 0 Å². The first-order valence-corrected chi connectivity index (χ1v) is 4.80. The summed E-state index contributed by atoms with van der Waals surface area (Å²) < 4.78 is 70.7. The fourth-order valence-electron chi connectivity index (χ4n) is 1.01. The Hall–Kier alpha value is -0.330. The number of sulfone groups is 1. The number of alkyl halides is 4. The molecule has 0 N–H and O–H groups in total. The Morgan fingerprint density at radius 1 is 1.42 bits per heavy atom. The van der Waals surface area contributed by atoms with Crippen LogP contribution in [0.2, 0.25) is 0 Å². The minimum atomic E-state index is -4.45. The lowest BCUT2D eigenvalue weighted by atomic mass is 10.1. The van der Waals surface area contributed by atoms with Crippen LogP contribution in [0.1, 0.15) is 0 Å². The van der Waals surface area contributed by atoms with Gasteiger partial charge in [0.05, 0.1) is 5.75 Å². The first kappa shape index (κ1) is 9.76. The summed E-state index contributed by atoms with van der Waals surface area (Å²) in [5, 5.41) is 0. The molecule has 7 heteroatoms. The Morgan fingerprint density at radius 2 is 1.92 bits per heavy atom. The fraction of sp³-hybridized carbons (Fsp3) is 1.00. The molecule has 2 nitrogen and oxygen atoms in total. The standard InChI is InChI=1S/C5H6F4O2S/c6-2-5(9)3(7)1-12(10,11)4(5)8/h3-4H,1-2H2. The van der Waals surface area contributed by atoms with E-state index >= 15 is 0 Å². The van der Waals surface area contributed by atoms with E-state index in [1.54, 1.807) is 0 Å². The van der Waals surface area contributed by atoms with Gasteiger partial charge < -0.3 is 0 Å². The molecule has 0 bridgehead atoms. The highest BCUT2D eigenvalue weighted by molar-refractivity contribution is 7.92. The molecule has 1 rings (SSSR count). The van der Waals surface area contributed by atoms with Crippen LogP contribution in [-0.4, -0.2) is 38.2 Å². The molecule has 0 spiro atoms. The monoisotopic (exact) mass is 206 g/mol. The molecule has 0 aliphatic carbocycles. The second kappa shape index (κ2) is 2.58. The molecule has 0 aromatic carbocycles. The molecule has 0 radical (unpaired) electrons. The Morgan fingerprint density at radius 3 is 2.08 bits per heavy atom. The van der Waals surface area contributed by atoms with Crippen molar-refractivity contribution in [3.63, 3.8) is 0 Å². The van der Waals surface area contributed by atoms with Crippen LogP contribution in [0.5, 0.6) is 0 Å². The van der Waals surface area contributed by atoms with Crippen molar-refractivity contribution in [2.45, 2.75) is 17.3 Å². The normalized spacial score (nSPS) is 46.3. The third-order valence-electron chi connectivity index (χ3n) is 1.80.